The molecule has 0 aliphatic heterocycles. The number of carboxylic acids is 1. The number of anilines is 2. The van der Waals surface area contributed by atoms with Gasteiger partial charge in [0.1, 0.15) is 0 Å². The molecule has 3 nitrogen and oxygen atoms in total. The first-order chi connectivity index (χ1) is 9.04. The third-order valence-electron chi connectivity index (χ3n) is 2.86. The zero-order valence-electron chi connectivity index (χ0n) is 11.1. The summed E-state index contributed by atoms with van der Waals surface area (Å²) in [7, 11) is 0. The van der Waals surface area contributed by atoms with E-state index in [1.807, 2.05) is 50.2 Å². The van der Waals surface area contributed by atoms with Crippen LogP contribution in [0.4, 0.5) is 11.4 Å². The molecule has 0 aromatic heterocycles. The van der Waals surface area contributed by atoms with Crippen LogP contribution in [0.1, 0.15) is 16.7 Å². The fraction of sp³-hybridized carbons (Fsp3) is 0.188. The molecular formula is C16H17NO2. The monoisotopic (exact) mass is 255 g/mol. The van der Waals surface area contributed by atoms with Gasteiger partial charge in [0, 0.05) is 11.4 Å². The van der Waals surface area contributed by atoms with Gasteiger partial charge in [0.15, 0.2) is 0 Å². The summed E-state index contributed by atoms with van der Waals surface area (Å²) in [4.78, 5) is 10.9. The van der Waals surface area contributed by atoms with E-state index in [4.69, 9.17) is 5.11 Å². The van der Waals surface area contributed by atoms with E-state index in [0.717, 1.165) is 16.9 Å². The molecule has 2 rings (SSSR count). The molecular weight excluding hydrogens is 238 g/mol. The third-order valence-corrected chi connectivity index (χ3v) is 2.86. The normalized spacial score (nSPS) is 10.2. The minimum Gasteiger partial charge on any atom is -0.481 e. The van der Waals surface area contributed by atoms with Crippen LogP contribution in [0.25, 0.3) is 0 Å². The summed E-state index contributed by atoms with van der Waals surface area (Å²) in [5.41, 5.74) is 4.97. The molecule has 0 unspecified atom stereocenters. The van der Waals surface area contributed by atoms with Crippen LogP contribution in [-0.2, 0) is 11.2 Å². The lowest BCUT2D eigenvalue weighted by Crippen LogP contribution is -2.03. The zero-order chi connectivity index (χ0) is 13.8. The number of hydrogen-bond acceptors (Lipinski definition) is 2. The van der Waals surface area contributed by atoms with Crippen molar-refractivity contribution in [3.05, 3.63) is 59.2 Å². The molecule has 0 heterocycles. The standard InChI is InChI=1S/C16H17NO2/c1-11-7-12(2)9-14(8-11)17-15-6-4-3-5-13(15)10-16(18)19/h3-9,17H,10H2,1-2H3,(H,18,19). The number of carboxylic acid groups (broad SMARTS) is 1. The minimum absolute atomic E-state index is 0.0218. The number of benzene rings is 2. The van der Waals surface area contributed by atoms with Crippen molar-refractivity contribution < 1.29 is 9.90 Å². The van der Waals surface area contributed by atoms with Gasteiger partial charge < -0.3 is 10.4 Å². The van der Waals surface area contributed by atoms with Crippen LogP contribution in [0.2, 0.25) is 0 Å². The summed E-state index contributed by atoms with van der Waals surface area (Å²) >= 11 is 0. The zero-order valence-corrected chi connectivity index (χ0v) is 11.1. The topological polar surface area (TPSA) is 49.3 Å². The van der Waals surface area contributed by atoms with Crippen molar-refractivity contribution in [3.8, 4) is 0 Å². The average Bonchev–Trinajstić information content (AvgIpc) is 2.29. The maximum absolute atomic E-state index is 10.9. The highest BCUT2D eigenvalue weighted by atomic mass is 16.4. The van der Waals surface area contributed by atoms with Gasteiger partial charge >= 0.3 is 5.97 Å². The van der Waals surface area contributed by atoms with Gasteiger partial charge in [-0.2, -0.15) is 0 Å². The van der Waals surface area contributed by atoms with Gasteiger partial charge in [0.05, 0.1) is 6.42 Å². The molecule has 0 aliphatic carbocycles. The van der Waals surface area contributed by atoms with E-state index in [1.54, 1.807) is 0 Å². The van der Waals surface area contributed by atoms with E-state index < -0.39 is 5.97 Å². The Morgan fingerprint density at radius 1 is 1.11 bits per heavy atom. The number of nitrogens with one attached hydrogen (secondary N) is 1. The fourth-order valence-corrected chi connectivity index (χ4v) is 2.16. The summed E-state index contributed by atoms with van der Waals surface area (Å²) in [5, 5.41) is 12.2. The number of para-hydroxylation sites is 1. The lowest BCUT2D eigenvalue weighted by Gasteiger charge is -2.12. The van der Waals surface area contributed by atoms with Gasteiger partial charge in [0.2, 0.25) is 0 Å². The number of carbonyl (C=O) groups is 1. The van der Waals surface area contributed by atoms with E-state index >= 15 is 0 Å². The first-order valence-corrected chi connectivity index (χ1v) is 6.19. The van der Waals surface area contributed by atoms with Gasteiger partial charge in [-0.1, -0.05) is 24.3 Å². The van der Waals surface area contributed by atoms with Crippen LogP contribution in [-0.4, -0.2) is 11.1 Å². The highest BCUT2D eigenvalue weighted by molar-refractivity contribution is 5.75. The summed E-state index contributed by atoms with van der Waals surface area (Å²) < 4.78 is 0. The largest absolute Gasteiger partial charge is 0.481 e. The Kier molecular flexibility index (Phi) is 3.85. The Labute approximate surface area is 112 Å². The molecule has 0 atom stereocenters. The molecule has 0 fully saturated rings. The first kappa shape index (κ1) is 13.1. The predicted octanol–water partition coefficient (Wildman–Crippen LogP) is 3.67. The van der Waals surface area contributed by atoms with Crippen molar-refractivity contribution in [2.45, 2.75) is 20.3 Å². The Hall–Kier alpha value is -2.29. The maximum atomic E-state index is 10.9. The molecule has 0 saturated heterocycles. The molecule has 2 aromatic rings. The van der Waals surface area contributed by atoms with Gasteiger partial charge in [0.25, 0.3) is 0 Å². The lowest BCUT2D eigenvalue weighted by atomic mass is 10.1. The average molecular weight is 255 g/mol. The summed E-state index contributed by atoms with van der Waals surface area (Å²) in [5.74, 6) is -0.824. The predicted molar refractivity (Wildman–Crippen MR) is 77.0 cm³/mol. The molecule has 0 radical (unpaired) electrons. The van der Waals surface area contributed by atoms with E-state index in [1.165, 1.54) is 11.1 Å². The molecule has 98 valence electrons. The van der Waals surface area contributed by atoms with Crippen molar-refractivity contribution in [2.24, 2.45) is 0 Å². The molecule has 3 heteroatoms. The Balaban J connectivity index is 2.29. The highest BCUT2D eigenvalue weighted by Crippen LogP contribution is 2.23. The maximum Gasteiger partial charge on any atom is 0.307 e. The minimum atomic E-state index is -0.824. The second kappa shape index (κ2) is 5.57. The number of rotatable bonds is 4. The number of aryl methyl sites for hydroxylation is 2. The van der Waals surface area contributed by atoms with Crippen molar-refractivity contribution in [2.75, 3.05) is 5.32 Å². The second-order valence-electron chi connectivity index (χ2n) is 4.73. The van der Waals surface area contributed by atoms with Crippen LogP contribution in [0.15, 0.2) is 42.5 Å². The SMILES string of the molecule is Cc1cc(C)cc(Nc2ccccc2CC(=O)O)c1. The molecule has 2 aromatic carbocycles. The molecule has 0 bridgehead atoms. The van der Waals surface area contributed by atoms with E-state index in [9.17, 15) is 4.79 Å². The summed E-state index contributed by atoms with van der Waals surface area (Å²) in [6.45, 7) is 4.09. The molecule has 0 saturated carbocycles. The fourth-order valence-electron chi connectivity index (χ4n) is 2.16. The van der Waals surface area contributed by atoms with Crippen LogP contribution in [0, 0.1) is 13.8 Å². The Morgan fingerprint density at radius 3 is 2.37 bits per heavy atom. The van der Waals surface area contributed by atoms with Crippen LogP contribution >= 0.6 is 0 Å². The summed E-state index contributed by atoms with van der Waals surface area (Å²) in [6.07, 6.45) is 0.0218. The van der Waals surface area contributed by atoms with Gasteiger partial charge in [-0.15, -0.1) is 0 Å². The van der Waals surface area contributed by atoms with Crippen LogP contribution in [0.3, 0.4) is 0 Å². The second-order valence-corrected chi connectivity index (χ2v) is 4.73. The Bertz CT molecular complexity index is 585. The van der Waals surface area contributed by atoms with Gasteiger partial charge in [-0.25, -0.2) is 0 Å². The van der Waals surface area contributed by atoms with Crippen LogP contribution < -0.4 is 5.32 Å². The van der Waals surface area contributed by atoms with E-state index in [2.05, 4.69) is 11.4 Å². The summed E-state index contributed by atoms with van der Waals surface area (Å²) in [6, 6.07) is 13.7. The molecule has 19 heavy (non-hydrogen) atoms. The lowest BCUT2D eigenvalue weighted by molar-refractivity contribution is -0.136. The van der Waals surface area contributed by atoms with Crippen molar-refractivity contribution in [3.63, 3.8) is 0 Å². The highest BCUT2D eigenvalue weighted by Gasteiger charge is 2.06. The third kappa shape index (κ3) is 3.58. The number of aliphatic carboxylic acids is 1. The van der Waals surface area contributed by atoms with Crippen molar-refractivity contribution in [1.29, 1.82) is 0 Å². The first-order valence-electron chi connectivity index (χ1n) is 6.19. The molecule has 0 aliphatic rings. The van der Waals surface area contributed by atoms with E-state index in [0.29, 0.717) is 0 Å². The molecule has 2 N–H and O–H groups in total. The molecule has 0 spiro atoms. The molecule has 0 amide bonds. The van der Waals surface area contributed by atoms with Crippen molar-refractivity contribution in [1.82, 2.24) is 0 Å². The smallest absolute Gasteiger partial charge is 0.307 e. The van der Waals surface area contributed by atoms with Gasteiger partial charge in [-0.3, -0.25) is 4.79 Å². The van der Waals surface area contributed by atoms with E-state index in [-0.39, 0.29) is 6.42 Å². The quantitative estimate of drug-likeness (QED) is 0.876. The van der Waals surface area contributed by atoms with Crippen molar-refractivity contribution >= 4 is 17.3 Å². The van der Waals surface area contributed by atoms with Crippen LogP contribution in [0.5, 0.6) is 0 Å². The number of hydrogen-bond donors (Lipinski definition) is 2. The van der Waals surface area contributed by atoms with Gasteiger partial charge in [-0.05, 0) is 48.7 Å². The Morgan fingerprint density at radius 2 is 1.74 bits per heavy atom.